The van der Waals surface area contributed by atoms with Crippen molar-refractivity contribution in [3.63, 3.8) is 0 Å². The van der Waals surface area contributed by atoms with Crippen molar-refractivity contribution in [3.8, 4) is 11.5 Å². The first kappa shape index (κ1) is 11.4. The lowest BCUT2D eigenvalue weighted by atomic mass is 10.2. The Kier molecular flexibility index (Phi) is 3.27. The van der Waals surface area contributed by atoms with Crippen molar-refractivity contribution in [1.29, 1.82) is 0 Å². The first-order valence-electron chi connectivity index (χ1n) is 5.58. The first-order chi connectivity index (χ1) is 8.22. The lowest BCUT2D eigenvalue weighted by Gasteiger charge is -2.10. The van der Waals surface area contributed by atoms with Gasteiger partial charge in [0.25, 0.3) is 0 Å². The Balaban J connectivity index is 2.49. The van der Waals surface area contributed by atoms with Crippen LogP contribution in [-0.2, 0) is 0 Å². The van der Waals surface area contributed by atoms with Gasteiger partial charge in [0.05, 0.1) is 6.20 Å². The third-order valence-electron chi connectivity index (χ3n) is 2.53. The van der Waals surface area contributed by atoms with E-state index in [9.17, 15) is 0 Å². The summed E-state index contributed by atoms with van der Waals surface area (Å²) < 4.78 is 0. The zero-order chi connectivity index (χ0) is 12.3. The Morgan fingerprint density at radius 1 is 1.18 bits per heavy atom. The number of hydrogen-bond donors (Lipinski definition) is 1. The van der Waals surface area contributed by atoms with E-state index < -0.39 is 0 Å². The fourth-order valence-corrected chi connectivity index (χ4v) is 1.50. The number of rotatable bonds is 3. The molecule has 0 aliphatic heterocycles. The molecule has 0 fully saturated rings. The standard InChI is InChI=1S/C12H15N5/c1-4-14-11-8(2)9(3)16-12(17-11)10-7-13-5-6-15-10/h5-7H,4H2,1-3H3,(H,14,16,17). The molecule has 0 unspecified atom stereocenters. The summed E-state index contributed by atoms with van der Waals surface area (Å²) in [6.45, 7) is 6.85. The summed E-state index contributed by atoms with van der Waals surface area (Å²) in [6, 6.07) is 0. The maximum absolute atomic E-state index is 4.47. The molecule has 17 heavy (non-hydrogen) atoms. The fourth-order valence-electron chi connectivity index (χ4n) is 1.50. The minimum atomic E-state index is 0.608. The van der Waals surface area contributed by atoms with E-state index in [2.05, 4.69) is 25.3 Å². The Morgan fingerprint density at radius 3 is 2.65 bits per heavy atom. The maximum atomic E-state index is 4.47. The quantitative estimate of drug-likeness (QED) is 0.871. The summed E-state index contributed by atoms with van der Waals surface area (Å²) in [6.07, 6.45) is 4.94. The molecule has 0 aromatic carbocycles. The topological polar surface area (TPSA) is 63.6 Å². The lowest BCUT2D eigenvalue weighted by Crippen LogP contribution is -2.06. The summed E-state index contributed by atoms with van der Waals surface area (Å²) in [5.74, 6) is 1.47. The van der Waals surface area contributed by atoms with Crippen LogP contribution in [0.25, 0.3) is 11.5 Å². The van der Waals surface area contributed by atoms with Gasteiger partial charge in [0.1, 0.15) is 11.5 Å². The minimum Gasteiger partial charge on any atom is -0.370 e. The molecule has 0 bridgehead atoms. The van der Waals surface area contributed by atoms with Gasteiger partial charge in [-0.25, -0.2) is 15.0 Å². The van der Waals surface area contributed by atoms with Crippen molar-refractivity contribution >= 4 is 5.82 Å². The van der Waals surface area contributed by atoms with E-state index in [1.54, 1.807) is 18.6 Å². The molecule has 0 amide bonds. The number of nitrogens with zero attached hydrogens (tertiary/aromatic N) is 4. The van der Waals surface area contributed by atoms with Crippen LogP contribution in [0.3, 0.4) is 0 Å². The van der Waals surface area contributed by atoms with Crippen molar-refractivity contribution in [2.45, 2.75) is 20.8 Å². The van der Waals surface area contributed by atoms with Crippen LogP contribution in [0.1, 0.15) is 18.2 Å². The summed E-state index contributed by atoms with van der Waals surface area (Å²) in [7, 11) is 0. The molecule has 5 nitrogen and oxygen atoms in total. The third kappa shape index (κ3) is 2.38. The van der Waals surface area contributed by atoms with Crippen LogP contribution in [0.2, 0.25) is 0 Å². The molecule has 5 heteroatoms. The zero-order valence-corrected chi connectivity index (χ0v) is 10.2. The van der Waals surface area contributed by atoms with Gasteiger partial charge < -0.3 is 5.32 Å². The van der Waals surface area contributed by atoms with E-state index in [0.717, 1.165) is 23.6 Å². The Morgan fingerprint density at radius 2 is 2.00 bits per heavy atom. The number of aryl methyl sites for hydroxylation is 1. The number of aromatic nitrogens is 4. The molecule has 0 saturated heterocycles. The van der Waals surface area contributed by atoms with Crippen LogP contribution in [0, 0.1) is 13.8 Å². The van der Waals surface area contributed by atoms with Crippen LogP contribution >= 0.6 is 0 Å². The van der Waals surface area contributed by atoms with Crippen LogP contribution in [0.15, 0.2) is 18.6 Å². The van der Waals surface area contributed by atoms with E-state index >= 15 is 0 Å². The van der Waals surface area contributed by atoms with Gasteiger partial charge in [-0.3, -0.25) is 4.98 Å². The predicted octanol–water partition coefficient (Wildman–Crippen LogP) is 1.98. The van der Waals surface area contributed by atoms with Crippen LogP contribution < -0.4 is 5.32 Å². The molecule has 0 aliphatic carbocycles. The highest BCUT2D eigenvalue weighted by Crippen LogP contribution is 2.19. The minimum absolute atomic E-state index is 0.608. The molecule has 0 saturated carbocycles. The van der Waals surface area contributed by atoms with Gasteiger partial charge in [-0.15, -0.1) is 0 Å². The molecule has 0 aliphatic rings. The second-order valence-corrected chi connectivity index (χ2v) is 3.73. The highest BCUT2D eigenvalue weighted by atomic mass is 15.0. The molecule has 2 aromatic rings. The normalized spacial score (nSPS) is 10.3. The van der Waals surface area contributed by atoms with Crippen molar-refractivity contribution in [1.82, 2.24) is 19.9 Å². The maximum Gasteiger partial charge on any atom is 0.182 e. The highest BCUT2D eigenvalue weighted by Gasteiger charge is 2.09. The van der Waals surface area contributed by atoms with Gasteiger partial charge in [-0.05, 0) is 20.8 Å². The van der Waals surface area contributed by atoms with E-state index in [4.69, 9.17) is 0 Å². The zero-order valence-electron chi connectivity index (χ0n) is 10.2. The van der Waals surface area contributed by atoms with Crippen LogP contribution in [0.5, 0.6) is 0 Å². The van der Waals surface area contributed by atoms with Gasteiger partial charge in [-0.1, -0.05) is 0 Å². The SMILES string of the molecule is CCNc1nc(-c2cnccn2)nc(C)c1C. The van der Waals surface area contributed by atoms with E-state index in [0.29, 0.717) is 11.5 Å². The molecule has 88 valence electrons. The van der Waals surface area contributed by atoms with Gasteiger partial charge >= 0.3 is 0 Å². The number of nitrogens with one attached hydrogen (secondary N) is 1. The summed E-state index contributed by atoms with van der Waals surface area (Å²) in [5, 5.41) is 3.23. The summed E-state index contributed by atoms with van der Waals surface area (Å²) in [4.78, 5) is 17.1. The van der Waals surface area contributed by atoms with Crippen molar-refractivity contribution < 1.29 is 0 Å². The van der Waals surface area contributed by atoms with Crippen LogP contribution in [-0.4, -0.2) is 26.5 Å². The summed E-state index contributed by atoms with van der Waals surface area (Å²) in [5.41, 5.74) is 2.71. The molecule has 2 heterocycles. The highest BCUT2D eigenvalue weighted by molar-refractivity contribution is 5.55. The third-order valence-corrected chi connectivity index (χ3v) is 2.53. The van der Waals surface area contributed by atoms with Crippen LogP contribution in [0.4, 0.5) is 5.82 Å². The van der Waals surface area contributed by atoms with Crippen molar-refractivity contribution in [2.75, 3.05) is 11.9 Å². The number of hydrogen-bond acceptors (Lipinski definition) is 5. The average molecular weight is 229 g/mol. The molecule has 0 radical (unpaired) electrons. The Hall–Kier alpha value is -2.04. The second kappa shape index (κ2) is 4.86. The van der Waals surface area contributed by atoms with Gasteiger partial charge in [-0.2, -0.15) is 0 Å². The molecular weight excluding hydrogens is 214 g/mol. The van der Waals surface area contributed by atoms with Gasteiger partial charge in [0.2, 0.25) is 0 Å². The second-order valence-electron chi connectivity index (χ2n) is 3.73. The predicted molar refractivity (Wildman–Crippen MR) is 66.7 cm³/mol. The molecule has 1 N–H and O–H groups in total. The molecule has 2 rings (SSSR count). The lowest BCUT2D eigenvalue weighted by molar-refractivity contribution is 1.03. The summed E-state index contributed by atoms with van der Waals surface area (Å²) >= 11 is 0. The van der Waals surface area contributed by atoms with Crippen molar-refractivity contribution in [3.05, 3.63) is 29.8 Å². The van der Waals surface area contributed by atoms with E-state index in [-0.39, 0.29) is 0 Å². The Labute approximate surface area is 100 Å². The van der Waals surface area contributed by atoms with E-state index in [1.165, 1.54) is 0 Å². The molecule has 0 spiro atoms. The average Bonchev–Trinajstić information content (AvgIpc) is 2.36. The molecular formula is C12H15N5. The van der Waals surface area contributed by atoms with Gasteiger partial charge in [0.15, 0.2) is 5.82 Å². The number of anilines is 1. The smallest absolute Gasteiger partial charge is 0.182 e. The molecule has 0 atom stereocenters. The first-order valence-corrected chi connectivity index (χ1v) is 5.58. The van der Waals surface area contributed by atoms with E-state index in [1.807, 2.05) is 20.8 Å². The monoisotopic (exact) mass is 229 g/mol. The fraction of sp³-hybridized carbons (Fsp3) is 0.333. The van der Waals surface area contributed by atoms with Gasteiger partial charge in [0, 0.05) is 30.2 Å². The molecule has 2 aromatic heterocycles. The van der Waals surface area contributed by atoms with Crippen molar-refractivity contribution in [2.24, 2.45) is 0 Å². The largest absolute Gasteiger partial charge is 0.370 e. The Bertz CT molecular complexity index is 510.